The molecule has 2 radical (unpaired) electrons. The zero-order valence-electron chi connectivity index (χ0n) is 20.7. The van der Waals surface area contributed by atoms with E-state index in [-0.39, 0.29) is 21.7 Å². The summed E-state index contributed by atoms with van der Waals surface area (Å²) in [5.41, 5.74) is 5.43. The second-order valence-corrected chi connectivity index (χ2v) is 13.5. The molecule has 0 fully saturated rings. The van der Waals surface area contributed by atoms with E-state index in [0.717, 1.165) is 0 Å². The first-order valence-electron chi connectivity index (χ1n) is 10.7. The highest BCUT2D eigenvalue weighted by atomic mass is 32.2. The molecule has 0 aliphatic rings. The average Bonchev–Trinajstić information content (AvgIpc) is 2.51. The summed E-state index contributed by atoms with van der Waals surface area (Å²) in [7, 11) is 0. The normalized spacial score (nSPS) is 13.7. The molecule has 0 amide bonds. The Labute approximate surface area is 184 Å². The zero-order chi connectivity index (χ0) is 22.4. The van der Waals surface area contributed by atoms with Crippen LogP contribution in [0, 0.1) is 12.1 Å². The van der Waals surface area contributed by atoms with E-state index in [1.54, 1.807) is 0 Å². The van der Waals surface area contributed by atoms with E-state index in [0.29, 0.717) is 0 Å². The first kappa shape index (κ1) is 24.1. The Morgan fingerprint density at radius 1 is 0.448 bits per heavy atom. The van der Waals surface area contributed by atoms with Gasteiger partial charge >= 0.3 is 0 Å². The van der Waals surface area contributed by atoms with Gasteiger partial charge in [0.1, 0.15) is 0 Å². The minimum absolute atomic E-state index is 0.0776. The van der Waals surface area contributed by atoms with Gasteiger partial charge < -0.3 is 0 Å². The molecule has 0 heterocycles. The molecule has 0 atom stereocenters. The third-order valence-corrected chi connectivity index (χ3v) is 6.10. The highest BCUT2D eigenvalue weighted by Crippen LogP contribution is 2.39. The van der Waals surface area contributed by atoms with E-state index in [1.807, 2.05) is 11.8 Å². The molecule has 158 valence electrons. The molecule has 0 aliphatic heterocycles. The fourth-order valence-corrected chi connectivity index (χ4v) is 3.94. The van der Waals surface area contributed by atoms with Gasteiger partial charge in [0.15, 0.2) is 0 Å². The van der Waals surface area contributed by atoms with Crippen LogP contribution in [0.25, 0.3) is 0 Å². The third-order valence-electron chi connectivity index (χ3n) is 5.15. The van der Waals surface area contributed by atoms with Crippen molar-refractivity contribution in [2.24, 2.45) is 0 Å². The van der Waals surface area contributed by atoms with Gasteiger partial charge in [-0.1, -0.05) is 94.8 Å². The van der Waals surface area contributed by atoms with Gasteiger partial charge in [0, 0.05) is 9.79 Å². The standard InChI is InChI=1S/C28H40S/c1-25(2,3)19-13-20(26(4,5)6)16-23(15-19)29-24-17-21(27(7,8)9)14-22(18-24)28(10,11)12/h15-18H,1-12H3. The minimum atomic E-state index is 0.0776. The molecule has 0 saturated carbocycles. The van der Waals surface area contributed by atoms with Gasteiger partial charge in [-0.15, -0.1) is 0 Å². The van der Waals surface area contributed by atoms with Crippen molar-refractivity contribution >= 4 is 11.8 Å². The summed E-state index contributed by atoms with van der Waals surface area (Å²) in [4.78, 5) is 2.59. The van der Waals surface area contributed by atoms with Crippen molar-refractivity contribution in [1.29, 1.82) is 0 Å². The molecule has 0 spiro atoms. The van der Waals surface area contributed by atoms with Crippen LogP contribution >= 0.6 is 11.8 Å². The molecular formula is C28H40S. The Morgan fingerprint density at radius 2 is 0.655 bits per heavy atom. The SMILES string of the molecule is CC(C)(C)c1[c]c(C(C)(C)C)cc(Sc2cc(C(C)(C)C)[c]c(C(C)(C)C)c2)c1. The fraction of sp³-hybridized carbons (Fsp3) is 0.571. The molecule has 0 saturated heterocycles. The second-order valence-electron chi connectivity index (χ2n) is 12.4. The van der Waals surface area contributed by atoms with Crippen LogP contribution in [0.2, 0.25) is 0 Å². The van der Waals surface area contributed by atoms with E-state index >= 15 is 0 Å². The Morgan fingerprint density at radius 3 is 0.828 bits per heavy atom. The van der Waals surface area contributed by atoms with Crippen LogP contribution in [0.1, 0.15) is 105 Å². The Kier molecular flexibility index (Phi) is 6.47. The van der Waals surface area contributed by atoms with Crippen LogP contribution in [0.3, 0.4) is 0 Å². The topological polar surface area (TPSA) is 0 Å². The van der Waals surface area contributed by atoms with Crippen molar-refractivity contribution in [3.05, 3.63) is 58.7 Å². The van der Waals surface area contributed by atoms with Crippen molar-refractivity contribution in [2.75, 3.05) is 0 Å². The first-order valence-corrected chi connectivity index (χ1v) is 11.5. The summed E-state index contributed by atoms with van der Waals surface area (Å²) in [6.45, 7) is 27.2. The summed E-state index contributed by atoms with van der Waals surface area (Å²) < 4.78 is 0. The van der Waals surface area contributed by atoms with E-state index in [2.05, 4.69) is 119 Å². The third kappa shape index (κ3) is 6.38. The second kappa shape index (κ2) is 7.80. The maximum atomic E-state index is 3.70. The highest BCUT2D eigenvalue weighted by molar-refractivity contribution is 7.99. The minimum Gasteiger partial charge on any atom is -0.0901 e. The lowest BCUT2D eigenvalue weighted by atomic mass is 9.81. The predicted octanol–water partition coefficient (Wildman–Crippen LogP) is 8.63. The van der Waals surface area contributed by atoms with E-state index in [1.165, 1.54) is 32.0 Å². The molecule has 0 bridgehead atoms. The molecule has 2 aromatic carbocycles. The summed E-state index contributed by atoms with van der Waals surface area (Å²) in [6.07, 6.45) is 0. The quantitative estimate of drug-likeness (QED) is 0.479. The van der Waals surface area contributed by atoms with Gasteiger partial charge in [-0.25, -0.2) is 0 Å². The van der Waals surface area contributed by atoms with Crippen molar-refractivity contribution in [2.45, 2.75) is 115 Å². The van der Waals surface area contributed by atoms with Gasteiger partial charge in [0.25, 0.3) is 0 Å². The molecule has 2 aromatic rings. The molecule has 0 nitrogen and oxygen atoms in total. The van der Waals surface area contributed by atoms with Crippen LogP contribution in [-0.4, -0.2) is 0 Å². The molecule has 0 unspecified atom stereocenters. The van der Waals surface area contributed by atoms with Crippen molar-refractivity contribution < 1.29 is 0 Å². The number of hydrogen-bond donors (Lipinski definition) is 0. The number of hydrogen-bond acceptors (Lipinski definition) is 1. The van der Waals surface area contributed by atoms with E-state index in [4.69, 9.17) is 0 Å². The molecule has 0 aliphatic carbocycles. The first-order chi connectivity index (χ1) is 12.9. The lowest BCUT2D eigenvalue weighted by molar-refractivity contribution is 0.563. The Hall–Kier alpha value is -1.21. The molecule has 1 heteroatoms. The zero-order valence-corrected chi connectivity index (χ0v) is 21.5. The van der Waals surface area contributed by atoms with E-state index < -0.39 is 0 Å². The maximum Gasteiger partial charge on any atom is 0.0128 e. The summed E-state index contributed by atoms with van der Waals surface area (Å²) in [6, 6.07) is 16.7. The van der Waals surface area contributed by atoms with Gasteiger partial charge in [-0.2, -0.15) is 0 Å². The number of benzene rings is 2. The van der Waals surface area contributed by atoms with E-state index in [9.17, 15) is 0 Å². The predicted molar refractivity (Wildman–Crippen MR) is 129 cm³/mol. The molecule has 29 heavy (non-hydrogen) atoms. The van der Waals surface area contributed by atoms with Crippen molar-refractivity contribution in [3.63, 3.8) is 0 Å². The lowest BCUT2D eigenvalue weighted by Gasteiger charge is -2.27. The molecule has 0 aromatic heterocycles. The average molecular weight is 409 g/mol. The van der Waals surface area contributed by atoms with Gasteiger partial charge in [0.2, 0.25) is 0 Å². The monoisotopic (exact) mass is 408 g/mol. The van der Waals surface area contributed by atoms with Crippen LogP contribution in [-0.2, 0) is 21.7 Å². The summed E-state index contributed by atoms with van der Waals surface area (Å²) in [5, 5.41) is 0. The summed E-state index contributed by atoms with van der Waals surface area (Å²) >= 11 is 1.87. The van der Waals surface area contributed by atoms with Crippen LogP contribution in [0.15, 0.2) is 34.1 Å². The largest absolute Gasteiger partial charge is 0.0901 e. The van der Waals surface area contributed by atoms with Gasteiger partial charge in [-0.05, 0) is 80.3 Å². The lowest BCUT2D eigenvalue weighted by Crippen LogP contribution is -2.17. The molecule has 0 N–H and O–H groups in total. The maximum absolute atomic E-state index is 3.70. The van der Waals surface area contributed by atoms with Crippen molar-refractivity contribution in [3.8, 4) is 0 Å². The van der Waals surface area contributed by atoms with Gasteiger partial charge in [0.05, 0.1) is 0 Å². The van der Waals surface area contributed by atoms with Crippen LogP contribution < -0.4 is 0 Å². The fourth-order valence-electron chi connectivity index (χ4n) is 2.96. The van der Waals surface area contributed by atoms with Crippen LogP contribution in [0.5, 0.6) is 0 Å². The Balaban J connectivity index is 2.61. The highest BCUT2D eigenvalue weighted by Gasteiger charge is 2.23. The Bertz CT molecular complexity index is 721. The smallest absolute Gasteiger partial charge is 0.0128 e. The number of rotatable bonds is 2. The molecule has 2 rings (SSSR count). The molecular weight excluding hydrogens is 368 g/mol. The van der Waals surface area contributed by atoms with Crippen LogP contribution in [0.4, 0.5) is 0 Å². The van der Waals surface area contributed by atoms with Gasteiger partial charge in [-0.3, -0.25) is 0 Å². The van der Waals surface area contributed by atoms with Crippen molar-refractivity contribution in [1.82, 2.24) is 0 Å². The summed E-state index contributed by atoms with van der Waals surface area (Å²) in [5.74, 6) is 0.